The monoisotopic (exact) mass is 440 g/mol. The second kappa shape index (κ2) is 9.30. The maximum Gasteiger partial charge on any atom is 0.262 e. The van der Waals surface area contributed by atoms with Crippen LogP contribution in [-0.2, 0) is 29.0 Å². The molecule has 162 valence electrons. The summed E-state index contributed by atoms with van der Waals surface area (Å²) in [6, 6.07) is 7.05. The van der Waals surface area contributed by atoms with Crippen molar-refractivity contribution in [1.29, 1.82) is 0 Å². The topological polar surface area (TPSA) is 102 Å². The molecular formula is C22H24N4O4S. The molecule has 2 aromatic heterocycles. The number of nitrogens with one attached hydrogen (secondary N) is 2. The quantitative estimate of drug-likeness (QED) is 0.588. The summed E-state index contributed by atoms with van der Waals surface area (Å²) in [5.74, 6) is 0.0919. The van der Waals surface area contributed by atoms with Gasteiger partial charge in [-0.2, -0.15) is 0 Å². The van der Waals surface area contributed by atoms with Gasteiger partial charge in [0.2, 0.25) is 11.8 Å². The number of carbonyl (C=O) groups excluding carboxylic acids is 2. The van der Waals surface area contributed by atoms with Crippen LogP contribution in [0.5, 0.6) is 5.75 Å². The lowest BCUT2D eigenvalue weighted by Gasteiger charge is -2.11. The Kier molecular flexibility index (Phi) is 6.31. The van der Waals surface area contributed by atoms with E-state index in [0.717, 1.165) is 36.1 Å². The summed E-state index contributed by atoms with van der Waals surface area (Å²) in [5, 5.41) is 6.11. The highest BCUT2D eigenvalue weighted by Gasteiger charge is 2.20. The van der Waals surface area contributed by atoms with Crippen molar-refractivity contribution in [3.63, 3.8) is 0 Å². The summed E-state index contributed by atoms with van der Waals surface area (Å²) < 4.78 is 6.47. The van der Waals surface area contributed by atoms with Crippen molar-refractivity contribution in [2.45, 2.75) is 38.6 Å². The van der Waals surface area contributed by atoms with Gasteiger partial charge in [-0.1, -0.05) is 6.07 Å². The van der Waals surface area contributed by atoms with Crippen LogP contribution in [0.1, 0.15) is 29.7 Å². The number of thiophene rings is 1. The van der Waals surface area contributed by atoms with Crippen LogP contribution < -0.4 is 20.9 Å². The van der Waals surface area contributed by atoms with Gasteiger partial charge in [0.15, 0.2) is 0 Å². The molecule has 0 saturated carbocycles. The standard InChI is InChI=1S/C22H24N4O4S/c1-30-15-6-4-5-14(11-15)25-18(27)9-10-23-19(28)12-26-13-24-21-20(22(26)29)16-7-2-3-8-17(16)31-21/h4-6,11,13H,2-3,7-10,12H2,1H3,(H,23,28)(H,25,27). The zero-order valence-corrected chi connectivity index (χ0v) is 18.1. The molecule has 1 aliphatic carbocycles. The van der Waals surface area contributed by atoms with Gasteiger partial charge in [0.25, 0.3) is 5.56 Å². The van der Waals surface area contributed by atoms with Crippen LogP contribution >= 0.6 is 11.3 Å². The van der Waals surface area contributed by atoms with E-state index in [0.29, 0.717) is 16.8 Å². The normalized spacial score (nSPS) is 12.9. The Morgan fingerprint density at radius 2 is 2.06 bits per heavy atom. The SMILES string of the molecule is COc1cccc(NC(=O)CCNC(=O)Cn2cnc3sc4c(c3c2=O)CCCC4)c1. The molecule has 8 nitrogen and oxygen atoms in total. The van der Waals surface area contributed by atoms with E-state index in [1.54, 1.807) is 42.7 Å². The lowest BCUT2D eigenvalue weighted by Crippen LogP contribution is -2.34. The number of nitrogens with zero attached hydrogens (tertiary/aromatic N) is 2. The minimum absolute atomic E-state index is 0.118. The van der Waals surface area contributed by atoms with Crippen molar-refractivity contribution in [3.8, 4) is 5.75 Å². The number of aromatic nitrogens is 2. The van der Waals surface area contributed by atoms with Crippen molar-refractivity contribution in [3.05, 3.63) is 51.4 Å². The molecule has 1 aromatic carbocycles. The molecule has 0 fully saturated rings. The number of fused-ring (bicyclic) bond motifs is 3. The number of methoxy groups -OCH3 is 1. The smallest absolute Gasteiger partial charge is 0.262 e. The molecule has 0 radical (unpaired) electrons. The van der Waals surface area contributed by atoms with Crippen molar-refractivity contribution < 1.29 is 14.3 Å². The molecule has 2 N–H and O–H groups in total. The number of rotatable bonds is 7. The largest absolute Gasteiger partial charge is 0.497 e. The lowest BCUT2D eigenvalue weighted by molar-refractivity contribution is -0.121. The molecule has 0 saturated heterocycles. The first-order valence-electron chi connectivity index (χ1n) is 10.3. The average molecular weight is 441 g/mol. The lowest BCUT2D eigenvalue weighted by atomic mass is 9.97. The zero-order valence-electron chi connectivity index (χ0n) is 17.3. The number of hydrogen-bond donors (Lipinski definition) is 2. The van der Waals surface area contributed by atoms with Crippen LogP contribution in [0.25, 0.3) is 10.2 Å². The molecule has 31 heavy (non-hydrogen) atoms. The van der Waals surface area contributed by atoms with Crippen LogP contribution in [0.15, 0.2) is 35.4 Å². The Morgan fingerprint density at radius 3 is 2.90 bits per heavy atom. The van der Waals surface area contributed by atoms with E-state index in [9.17, 15) is 14.4 Å². The van der Waals surface area contributed by atoms with Gasteiger partial charge in [0.05, 0.1) is 18.8 Å². The third kappa shape index (κ3) is 4.77. The maximum atomic E-state index is 12.9. The van der Waals surface area contributed by atoms with Crippen LogP contribution in [0.3, 0.4) is 0 Å². The molecule has 0 atom stereocenters. The van der Waals surface area contributed by atoms with E-state index in [-0.39, 0.29) is 36.9 Å². The predicted octanol–water partition coefficient (Wildman–Crippen LogP) is 2.49. The first-order valence-corrected chi connectivity index (χ1v) is 11.1. The van der Waals surface area contributed by atoms with Crippen molar-refractivity contribution in [2.75, 3.05) is 19.0 Å². The summed E-state index contributed by atoms with van der Waals surface area (Å²) >= 11 is 1.58. The third-order valence-corrected chi connectivity index (χ3v) is 6.48. The van der Waals surface area contributed by atoms with Gasteiger partial charge in [0.1, 0.15) is 17.1 Å². The highest BCUT2D eigenvalue weighted by molar-refractivity contribution is 7.18. The number of carbonyl (C=O) groups is 2. The first kappa shape index (κ1) is 21.0. The van der Waals surface area contributed by atoms with Crippen LogP contribution in [0, 0.1) is 0 Å². The maximum absolute atomic E-state index is 12.9. The number of aryl methyl sites for hydroxylation is 2. The second-order valence-electron chi connectivity index (χ2n) is 7.45. The molecule has 9 heteroatoms. The van der Waals surface area contributed by atoms with E-state index < -0.39 is 0 Å². The molecule has 0 spiro atoms. The van der Waals surface area contributed by atoms with Gasteiger partial charge in [0, 0.05) is 29.6 Å². The number of benzene rings is 1. The molecular weight excluding hydrogens is 416 g/mol. The van der Waals surface area contributed by atoms with Crippen LogP contribution in [-0.4, -0.2) is 35.0 Å². The summed E-state index contributed by atoms with van der Waals surface area (Å²) in [7, 11) is 1.56. The van der Waals surface area contributed by atoms with E-state index in [1.165, 1.54) is 15.8 Å². The molecule has 2 heterocycles. The van der Waals surface area contributed by atoms with E-state index in [1.807, 2.05) is 0 Å². The Labute approximate surface area is 183 Å². The van der Waals surface area contributed by atoms with Gasteiger partial charge in [-0.25, -0.2) is 4.98 Å². The van der Waals surface area contributed by atoms with Crippen LogP contribution in [0.4, 0.5) is 5.69 Å². The number of amides is 2. The Bertz CT molecular complexity index is 1180. The molecule has 2 amide bonds. The molecule has 0 unspecified atom stereocenters. The fourth-order valence-electron chi connectivity index (χ4n) is 3.74. The van der Waals surface area contributed by atoms with Gasteiger partial charge >= 0.3 is 0 Å². The predicted molar refractivity (Wildman–Crippen MR) is 120 cm³/mol. The molecule has 3 aromatic rings. The highest BCUT2D eigenvalue weighted by atomic mass is 32.1. The molecule has 4 rings (SSSR count). The fourth-order valence-corrected chi connectivity index (χ4v) is 4.96. The minimum Gasteiger partial charge on any atom is -0.497 e. The van der Waals surface area contributed by atoms with Crippen molar-refractivity contribution in [2.24, 2.45) is 0 Å². The second-order valence-corrected chi connectivity index (χ2v) is 8.53. The van der Waals surface area contributed by atoms with Crippen LogP contribution in [0.2, 0.25) is 0 Å². The molecule has 1 aliphatic rings. The zero-order chi connectivity index (χ0) is 21.8. The Hall–Kier alpha value is -3.20. The number of hydrogen-bond acceptors (Lipinski definition) is 6. The van der Waals surface area contributed by atoms with Gasteiger partial charge in [-0.05, 0) is 43.4 Å². The highest BCUT2D eigenvalue weighted by Crippen LogP contribution is 2.33. The Balaban J connectivity index is 1.32. The average Bonchev–Trinajstić information content (AvgIpc) is 3.15. The van der Waals surface area contributed by atoms with E-state index >= 15 is 0 Å². The molecule has 0 bridgehead atoms. The van der Waals surface area contributed by atoms with Gasteiger partial charge < -0.3 is 15.4 Å². The van der Waals surface area contributed by atoms with Crippen molar-refractivity contribution >= 4 is 39.1 Å². The van der Waals surface area contributed by atoms with Gasteiger partial charge in [-0.3, -0.25) is 19.0 Å². The number of anilines is 1. The summed E-state index contributed by atoms with van der Waals surface area (Å²) in [6.45, 7) is 0.0524. The minimum atomic E-state index is -0.332. The van der Waals surface area contributed by atoms with E-state index in [2.05, 4.69) is 15.6 Å². The first-order chi connectivity index (χ1) is 15.0. The fraction of sp³-hybridized carbons (Fsp3) is 0.364. The Morgan fingerprint density at radius 1 is 1.23 bits per heavy atom. The van der Waals surface area contributed by atoms with E-state index in [4.69, 9.17) is 4.74 Å². The third-order valence-electron chi connectivity index (χ3n) is 5.28. The van der Waals surface area contributed by atoms with Gasteiger partial charge in [-0.15, -0.1) is 11.3 Å². The summed E-state index contributed by atoms with van der Waals surface area (Å²) in [4.78, 5) is 43.7. The summed E-state index contributed by atoms with van der Waals surface area (Å²) in [5.41, 5.74) is 1.56. The molecule has 0 aliphatic heterocycles. The number of ether oxygens (including phenoxy) is 1. The summed E-state index contributed by atoms with van der Waals surface area (Å²) in [6.07, 6.45) is 5.65. The van der Waals surface area contributed by atoms with Crippen molar-refractivity contribution in [1.82, 2.24) is 14.9 Å².